The van der Waals surface area contributed by atoms with Crippen LogP contribution in [0, 0.1) is 5.82 Å². The fourth-order valence-corrected chi connectivity index (χ4v) is 4.30. The van der Waals surface area contributed by atoms with Crippen molar-refractivity contribution in [1.29, 1.82) is 0 Å². The van der Waals surface area contributed by atoms with Crippen molar-refractivity contribution in [2.45, 2.75) is 37.2 Å². The molecule has 0 amide bonds. The van der Waals surface area contributed by atoms with Crippen LogP contribution in [0.3, 0.4) is 0 Å². The van der Waals surface area contributed by atoms with Gasteiger partial charge in [-0.1, -0.05) is 24.3 Å². The van der Waals surface area contributed by atoms with Gasteiger partial charge >= 0.3 is 0 Å². The number of rotatable bonds is 5. The Labute approximate surface area is 148 Å². The zero-order chi connectivity index (χ0) is 18.1. The molecule has 0 aliphatic carbocycles. The molecular formula is C19H23FN2O2S. The van der Waals surface area contributed by atoms with Gasteiger partial charge in [-0.25, -0.2) is 17.5 Å². The van der Waals surface area contributed by atoms with Crippen LogP contribution in [0.1, 0.15) is 25.0 Å². The van der Waals surface area contributed by atoms with Crippen molar-refractivity contribution in [3.63, 3.8) is 0 Å². The van der Waals surface area contributed by atoms with E-state index in [2.05, 4.69) is 27.8 Å². The van der Waals surface area contributed by atoms with Crippen LogP contribution in [0.5, 0.6) is 0 Å². The van der Waals surface area contributed by atoms with E-state index in [0.29, 0.717) is 0 Å². The lowest BCUT2D eigenvalue weighted by atomic mass is 9.94. The molecule has 6 heteroatoms. The monoisotopic (exact) mass is 362 g/mol. The molecule has 134 valence electrons. The third kappa shape index (κ3) is 4.08. The molecule has 0 saturated carbocycles. The van der Waals surface area contributed by atoms with E-state index in [0.717, 1.165) is 31.6 Å². The van der Waals surface area contributed by atoms with E-state index in [1.807, 2.05) is 19.9 Å². The number of nitrogens with zero attached hydrogens (tertiary/aromatic N) is 1. The summed E-state index contributed by atoms with van der Waals surface area (Å²) in [5.74, 6) is -0.453. The van der Waals surface area contributed by atoms with Crippen molar-refractivity contribution in [3.05, 3.63) is 65.5 Å². The van der Waals surface area contributed by atoms with Crippen LogP contribution in [0.15, 0.2) is 53.4 Å². The highest BCUT2D eigenvalue weighted by molar-refractivity contribution is 7.89. The minimum Gasteiger partial charge on any atom is -0.292 e. The minimum atomic E-state index is -3.65. The van der Waals surface area contributed by atoms with Crippen molar-refractivity contribution in [1.82, 2.24) is 9.62 Å². The number of fused-ring (bicyclic) bond motifs is 1. The van der Waals surface area contributed by atoms with Crippen LogP contribution in [0.2, 0.25) is 0 Å². The molecule has 0 atom stereocenters. The fourth-order valence-electron chi connectivity index (χ4n) is 3.09. The molecule has 0 spiro atoms. The molecule has 0 fully saturated rings. The Morgan fingerprint density at radius 2 is 1.72 bits per heavy atom. The van der Waals surface area contributed by atoms with Crippen molar-refractivity contribution in [2.75, 3.05) is 13.1 Å². The summed E-state index contributed by atoms with van der Waals surface area (Å²) in [4.78, 5) is 2.37. The molecule has 25 heavy (non-hydrogen) atoms. The van der Waals surface area contributed by atoms with Crippen LogP contribution < -0.4 is 4.72 Å². The maximum Gasteiger partial charge on any atom is 0.240 e. The Morgan fingerprint density at radius 3 is 2.40 bits per heavy atom. The van der Waals surface area contributed by atoms with Crippen molar-refractivity contribution in [3.8, 4) is 0 Å². The zero-order valence-electron chi connectivity index (χ0n) is 14.5. The molecule has 3 rings (SSSR count). The number of benzene rings is 2. The summed E-state index contributed by atoms with van der Waals surface area (Å²) in [6, 6.07) is 13.2. The average molecular weight is 362 g/mol. The summed E-state index contributed by atoms with van der Waals surface area (Å²) in [5.41, 5.74) is 2.32. The van der Waals surface area contributed by atoms with E-state index >= 15 is 0 Å². The van der Waals surface area contributed by atoms with E-state index in [4.69, 9.17) is 0 Å². The molecule has 1 N–H and O–H groups in total. The largest absolute Gasteiger partial charge is 0.292 e. The van der Waals surface area contributed by atoms with Gasteiger partial charge in [0.15, 0.2) is 0 Å². The van der Waals surface area contributed by atoms with Crippen molar-refractivity contribution >= 4 is 10.0 Å². The molecule has 4 nitrogen and oxygen atoms in total. The maximum absolute atomic E-state index is 13.0. The van der Waals surface area contributed by atoms with E-state index in [1.165, 1.54) is 23.3 Å². The van der Waals surface area contributed by atoms with Gasteiger partial charge < -0.3 is 0 Å². The zero-order valence-corrected chi connectivity index (χ0v) is 15.3. The second-order valence-electron chi connectivity index (χ2n) is 7.03. The lowest BCUT2D eigenvalue weighted by Crippen LogP contribution is -2.53. The summed E-state index contributed by atoms with van der Waals surface area (Å²) >= 11 is 0. The van der Waals surface area contributed by atoms with Crippen LogP contribution in [-0.2, 0) is 23.0 Å². The van der Waals surface area contributed by atoms with Crippen LogP contribution in [-0.4, -0.2) is 31.9 Å². The summed E-state index contributed by atoms with van der Waals surface area (Å²) < 4.78 is 40.5. The number of hydrogen-bond donors (Lipinski definition) is 1. The Hall–Kier alpha value is -1.76. The second kappa shape index (κ2) is 6.86. The Bertz CT molecular complexity index is 848. The first-order valence-corrected chi connectivity index (χ1v) is 9.83. The van der Waals surface area contributed by atoms with Crippen LogP contribution in [0.25, 0.3) is 0 Å². The van der Waals surface area contributed by atoms with Gasteiger partial charge in [-0.15, -0.1) is 0 Å². The lowest BCUT2D eigenvalue weighted by Gasteiger charge is -2.41. The third-order valence-electron chi connectivity index (χ3n) is 4.81. The Balaban J connectivity index is 1.69. The topological polar surface area (TPSA) is 49.4 Å². The van der Waals surface area contributed by atoms with E-state index in [1.54, 1.807) is 0 Å². The highest BCUT2D eigenvalue weighted by Gasteiger charge is 2.31. The summed E-state index contributed by atoms with van der Waals surface area (Å²) in [5, 5.41) is 0. The highest BCUT2D eigenvalue weighted by Crippen LogP contribution is 2.25. The molecule has 1 aliphatic heterocycles. The van der Waals surface area contributed by atoms with Gasteiger partial charge in [0.25, 0.3) is 0 Å². The molecule has 1 aliphatic rings. The average Bonchev–Trinajstić information content (AvgIpc) is 2.60. The predicted molar refractivity (Wildman–Crippen MR) is 96.2 cm³/mol. The van der Waals surface area contributed by atoms with Crippen LogP contribution >= 0.6 is 0 Å². The molecule has 1 heterocycles. The normalized spacial score (nSPS) is 15.8. The van der Waals surface area contributed by atoms with Gasteiger partial charge in [-0.2, -0.15) is 0 Å². The molecule has 2 aromatic carbocycles. The van der Waals surface area contributed by atoms with Gasteiger partial charge in [0.2, 0.25) is 10.0 Å². The standard InChI is InChI=1S/C19H23FN2O2S/c1-19(2,22-12-11-15-5-3-4-6-16(15)13-22)14-21-25(23,24)18-9-7-17(20)8-10-18/h3-10,21H,11-14H2,1-2H3. The first kappa shape index (κ1) is 18.0. The quantitative estimate of drug-likeness (QED) is 0.890. The van der Waals surface area contributed by atoms with Crippen molar-refractivity contribution < 1.29 is 12.8 Å². The summed E-state index contributed by atoms with van der Waals surface area (Å²) in [6.45, 7) is 6.06. The lowest BCUT2D eigenvalue weighted by molar-refractivity contribution is 0.108. The molecular weight excluding hydrogens is 339 g/mol. The first-order valence-electron chi connectivity index (χ1n) is 8.35. The van der Waals surface area contributed by atoms with Gasteiger partial charge in [-0.05, 0) is 55.7 Å². The second-order valence-corrected chi connectivity index (χ2v) is 8.80. The predicted octanol–water partition coefficient (Wildman–Crippen LogP) is 2.94. The van der Waals surface area contributed by atoms with Gasteiger partial charge in [0.05, 0.1) is 4.90 Å². The smallest absolute Gasteiger partial charge is 0.240 e. The summed E-state index contributed by atoms with van der Waals surface area (Å²) in [7, 11) is -3.65. The van der Waals surface area contributed by atoms with E-state index in [9.17, 15) is 12.8 Å². The number of sulfonamides is 1. The fraction of sp³-hybridized carbons (Fsp3) is 0.368. The van der Waals surface area contributed by atoms with Crippen molar-refractivity contribution in [2.24, 2.45) is 0 Å². The Kier molecular flexibility index (Phi) is 4.95. The number of nitrogens with one attached hydrogen (secondary N) is 1. The van der Waals surface area contributed by atoms with Gasteiger partial charge in [-0.3, -0.25) is 4.90 Å². The molecule has 2 aromatic rings. The summed E-state index contributed by atoms with van der Waals surface area (Å²) in [6.07, 6.45) is 0.963. The first-order chi connectivity index (χ1) is 11.8. The molecule has 0 bridgehead atoms. The van der Waals surface area contributed by atoms with Crippen LogP contribution in [0.4, 0.5) is 4.39 Å². The molecule has 0 unspecified atom stereocenters. The number of hydrogen-bond acceptors (Lipinski definition) is 3. The van der Waals surface area contributed by atoms with E-state index in [-0.39, 0.29) is 17.0 Å². The van der Waals surface area contributed by atoms with Gasteiger partial charge in [0, 0.05) is 25.2 Å². The van der Waals surface area contributed by atoms with Gasteiger partial charge in [0.1, 0.15) is 5.82 Å². The van der Waals surface area contributed by atoms with E-state index < -0.39 is 15.8 Å². The SMILES string of the molecule is CC(C)(CNS(=O)(=O)c1ccc(F)cc1)N1CCc2ccccc2C1. The minimum absolute atomic E-state index is 0.0775. The molecule has 0 saturated heterocycles. The molecule has 0 aromatic heterocycles. The number of halogens is 1. The third-order valence-corrected chi connectivity index (χ3v) is 6.22. The molecule has 0 radical (unpaired) electrons. The maximum atomic E-state index is 13.0. The Morgan fingerprint density at radius 1 is 1.08 bits per heavy atom. The highest BCUT2D eigenvalue weighted by atomic mass is 32.2.